The van der Waals surface area contributed by atoms with Gasteiger partial charge >= 0.3 is 0 Å². The Morgan fingerprint density at radius 1 is 1.47 bits per heavy atom. The second-order valence-electron chi connectivity index (χ2n) is 4.19. The van der Waals surface area contributed by atoms with Gasteiger partial charge in [0.15, 0.2) is 0 Å². The lowest BCUT2D eigenvalue weighted by atomic mass is 10.1. The van der Waals surface area contributed by atoms with Gasteiger partial charge in [0.1, 0.15) is 0 Å². The Labute approximate surface area is 95.8 Å². The third-order valence-electron chi connectivity index (χ3n) is 2.76. The van der Waals surface area contributed by atoms with Gasteiger partial charge in [-0.25, -0.2) is 0 Å². The Hall–Kier alpha value is -0.830. The molecule has 1 atom stereocenters. The van der Waals surface area contributed by atoms with Crippen molar-refractivity contribution in [3.8, 4) is 0 Å². The molecular weight excluding hydrogens is 204 g/mol. The third-order valence-corrected chi connectivity index (χ3v) is 3.90. The molecule has 0 saturated carbocycles. The fourth-order valence-corrected chi connectivity index (χ4v) is 3.01. The van der Waals surface area contributed by atoms with Gasteiger partial charge < -0.3 is 10.6 Å². The van der Waals surface area contributed by atoms with Crippen molar-refractivity contribution in [1.29, 1.82) is 0 Å². The quantitative estimate of drug-likeness (QED) is 0.740. The molecule has 1 unspecified atom stereocenters. The first-order valence-electron chi connectivity index (χ1n) is 5.39. The predicted molar refractivity (Wildman–Crippen MR) is 69.7 cm³/mol. The van der Waals surface area contributed by atoms with E-state index >= 15 is 0 Å². The molecular formula is C12H18N2S. The minimum absolute atomic E-state index is 0.708. The topological polar surface area (TPSA) is 29.3 Å². The average Bonchev–Trinajstić information content (AvgIpc) is 2.17. The molecule has 1 heterocycles. The van der Waals surface area contributed by atoms with Crippen molar-refractivity contribution >= 4 is 23.1 Å². The number of aryl methyl sites for hydroxylation is 1. The van der Waals surface area contributed by atoms with Crippen molar-refractivity contribution < 1.29 is 0 Å². The van der Waals surface area contributed by atoms with Gasteiger partial charge in [-0.2, -0.15) is 11.8 Å². The standard InChI is InChI=1S/C12H18N2S/c1-9-3-4-12(11(13)7-9)14-5-6-15-10(2)8-14/h3-4,7,10H,5-6,8,13H2,1-2H3. The normalized spacial score (nSPS) is 21.7. The summed E-state index contributed by atoms with van der Waals surface area (Å²) < 4.78 is 0. The summed E-state index contributed by atoms with van der Waals surface area (Å²) in [5.41, 5.74) is 9.39. The van der Waals surface area contributed by atoms with Crippen LogP contribution >= 0.6 is 11.8 Å². The van der Waals surface area contributed by atoms with Crippen LogP contribution in [0.4, 0.5) is 11.4 Å². The first kappa shape index (κ1) is 10.7. The third kappa shape index (κ3) is 2.40. The van der Waals surface area contributed by atoms with E-state index in [1.807, 2.05) is 11.8 Å². The number of hydrogen-bond acceptors (Lipinski definition) is 3. The average molecular weight is 222 g/mol. The Balaban J connectivity index is 2.21. The predicted octanol–water partition coefficient (Wildman–Crippen LogP) is 2.52. The summed E-state index contributed by atoms with van der Waals surface area (Å²) in [5.74, 6) is 1.20. The Bertz CT molecular complexity index is 351. The van der Waals surface area contributed by atoms with E-state index in [-0.39, 0.29) is 0 Å². The highest BCUT2D eigenvalue weighted by atomic mass is 32.2. The smallest absolute Gasteiger partial charge is 0.0600 e. The van der Waals surface area contributed by atoms with E-state index < -0.39 is 0 Å². The van der Waals surface area contributed by atoms with Crippen molar-refractivity contribution in [3.63, 3.8) is 0 Å². The van der Waals surface area contributed by atoms with Crippen LogP contribution in [-0.2, 0) is 0 Å². The van der Waals surface area contributed by atoms with Crippen molar-refractivity contribution in [2.24, 2.45) is 0 Å². The number of rotatable bonds is 1. The SMILES string of the molecule is Cc1ccc(N2CCSC(C)C2)c(N)c1. The number of anilines is 2. The van der Waals surface area contributed by atoms with Crippen molar-refractivity contribution in [2.45, 2.75) is 19.1 Å². The molecule has 2 rings (SSSR count). The van der Waals surface area contributed by atoms with Crippen molar-refractivity contribution in [1.82, 2.24) is 0 Å². The zero-order valence-electron chi connectivity index (χ0n) is 9.36. The van der Waals surface area contributed by atoms with Gasteiger partial charge in [-0.05, 0) is 24.6 Å². The number of nitrogen functional groups attached to an aromatic ring is 1. The van der Waals surface area contributed by atoms with E-state index in [9.17, 15) is 0 Å². The first-order valence-corrected chi connectivity index (χ1v) is 6.44. The highest BCUT2D eigenvalue weighted by Gasteiger charge is 2.18. The summed E-state index contributed by atoms with van der Waals surface area (Å²) in [7, 11) is 0. The second kappa shape index (κ2) is 4.35. The highest BCUT2D eigenvalue weighted by Crippen LogP contribution is 2.28. The van der Waals surface area contributed by atoms with E-state index in [0.717, 1.165) is 18.8 Å². The largest absolute Gasteiger partial charge is 0.397 e. The van der Waals surface area contributed by atoms with Gasteiger partial charge in [-0.3, -0.25) is 0 Å². The zero-order valence-corrected chi connectivity index (χ0v) is 10.2. The Morgan fingerprint density at radius 3 is 2.93 bits per heavy atom. The van der Waals surface area contributed by atoms with Crippen LogP contribution in [0.5, 0.6) is 0 Å². The summed E-state index contributed by atoms with van der Waals surface area (Å²) in [6.07, 6.45) is 0. The second-order valence-corrected chi connectivity index (χ2v) is 5.74. The van der Waals surface area contributed by atoms with E-state index in [1.54, 1.807) is 0 Å². The lowest BCUT2D eigenvalue weighted by Crippen LogP contribution is -2.37. The van der Waals surface area contributed by atoms with Crippen LogP contribution in [0.25, 0.3) is 0 Å². The number of nitrogens with zero attached hydrogens (tertiary/aromatic N) is 1. The molecule has 82 valence electrons. The molecule has 0 amide bonds. The maximum absolute atomic E-state index is 6.05. The van der Waals surface area contributed by atoms with Crippen molar-refractivity contribution in [3.05, 3.63) is 23.8 Å². The summed E-state index contributed by atoms with van der Waals surface area (Å²) >= 11 is 2.04. The number of thioether (sulfide) groups is 1. The van der Waals surface area contributed by atoms with Gasteiger partial charge in [-0.1, -0.05) is 13.0 Å². The molecule has 0 aromatic heterocycles. The lowest BCUT2D eigenvalue weighted by Gasteiger charge is -2.33. The molecule has 1 aliphatic heterocycles. The number of nitrogens with two attached hydrogens (primary N) is 1. The monoisotopic (exact) mass is 222 g/mol. The molecule has 1 saturated heterocycles. The first-order chi connectivity index (χ1) is 7.16. The number of hydrogen-bond donors (Lipinski definition) is 1. The molecule has 1 aliphatic rings. The van der Waals surface area contributed by atoms with Crippen LogP contribution in [0.3, 0.4) is 0 Å². The zero-order chi connectivity index (χ0) is 10.8. The van der Waals surface area contributed by atoms with E-state index in [4.69, 9.17) is 5.73 Å². The molecule has 2 N–H and O–H groups in total. The molecule has 1 aromatic rings. The van der Waals surface area contributed by atoms with Crippen LogP contribution in [0.1, 0.15) is 12.5 Å². The van der Waals surface area contributed by atoms with Crippen LogP contribution in [0.15, 0.2) is 18.2 Å². The van der Waals surface area contributed by atoms with E-state index in [0.29, 0.717) is 5.25 Å². The maximum Gasteiger partial charge on any atom is 0.0600 e. The Morgan fingerprint density at radius 2 is 2.27 bits per heavy atom. The van der Waals surface area contributed by atoms with Gasteiger partial charge in [0.25, 0.3) is 0 Å². The Kier molecular flexibility index (Phi) is 3.10. The van der Waals surface area contributed by atoms with E-state index in [1.165, 1.54) is 17.0 Å². The summed E-state index contributed by atoms with van der Waals surface area (Å²) in [6, 6.07) is 6.34. The van der Waals surface area contributed by atoms with Gasteiger partial charge in [-0.15, -0.1) is 0 Å². The molecule has 3 heteroatoms. The van der Waals surface area contributed by atoms with Crippen LogP contribution < -0.4 is 10.6 Å². The maximum atomic E-state index is 6.05. The molecule has 1 aromatic carbocycles. The molecule has 0 radical (unpaired) electrons. The molecule has 1 fully saturated rings. The van der Waals surface area contributed by atoms with Gasteiger partial charge in [0.05, 0.1) is 11.4 Å². The fraction of sp³-hybridized carbons (Fsp3) is 0.500. The summed E-state index contributed by atoms with van der Waals surface area (Å²) in [4.78, 5) is 2.40. The van der Waals surface area contributed by atoms with Gasteiger partial charge in [0.2, 0.25) is 0 Å². The van der Waals surface area contributed by atoms with Crippen LogP contribution in [0, 0.1) is 6.92 Å². The van der Waals surface area contributed by atoms with Crippen LogP contribution in [0.2, 0.25) is 0 Å². The van der Waals surface area contributed by atoms with Gasteiger partial charge in [0, 0.05) is 24.1 Å². The van der Waals surface area contributed by atoms with E-state index in [2.05, 4.69) is 36.9 Å². The van der Waals surface area contributed by atoms with Crippen LogP contribution in [-0.4, -0.2) is 24.1 Å². The number of benzene rings is 1. The molecule has 2 nitrogen and oxygen atoms in total. The minimum atomic E-state index is 0.708. The minimum Gasteiger partial charge on any atom is -0.397 e. The molecule has 0 spiro atoms. The lowest BCUT2D eigenvalue weighted by molar-refractivity contribution is 0.784. The fourth-order valence-electron chi connectivity index (χ4n) is 2.00. The molecule has 15 heavy (non-hydrogen) atoms. The summed E-state index contributed by atoms with van der Waals surface area (Å²) in [6.45, 7) is 6.58. The molecule has 0 bridgehead atoms. The summed E-state index contributed by atoms with van der Waals surface area (Å²) in [5, 5.41) is 0.708. The van der Waals surface area contributed by atoms with Crippen molar-refractivity contribution in [2.75, 3.05) is 29.5 Å². The molecule has 0 aliphatic carbocycles. The highest BCUT2D eigenvalue weighted by molar-refractivity contribution is 8.00.